The lowest BCUT2D eigenvalue weighted by molar-refractivity contribution is -0.117. The molecule has 1 rings (SSSR count). The van der Waals surface area contributed by atoms with Crippen molar-refractivity contribution in [2.24, 2.45) is 0 Å². The third kappa shape index (κ3) is 2.31. The predicted octanol–water partition coefficient (Wildman–Crippen LogP) is 2.68. The van der Waals surface area contributed by atoms with Crippen LogP contribution in [-0.4, -0.2) is 12.9 Å². The molecule has 84 valence electrons. The van der Waals surface area contributed by atoms with Gasteiger partial charge < -0.3 is 4.74 Å². The molecular formula is C11H9ClFNO2. The molecule has 16 heavy (non-hydrogen) atoms. The smallest absolute Gasteiger partial charge is 0.165 e. The van der Waals surface area contributed by atoms with E-state index in [4.69, 9.17) is 21.6 Å². The maximum Gasteiger partial charge on any atom is 0.165 e. The number of hydrogen-bond acceptors (Lipinski definition) is 3. The van der Waals surface area contributed by atoms with Gasteiger partial charge in [-0.2, -0.15) is 5.26 Å². The van der Waals surface area contributed by atoms with E-state index in [0.29, 0.717) is 0 Å². The Morgan fingerprint density at radius 2 is 2.25 bits per heavy atom. The van der Waals surface area contributed by atoms with E-state index >= 15 is 0 Å². The van der Waals surface area contributed by atoms with Gasteiger partial charge in [0.1, 0.15) is 5.92 Å². The van der Waals surface area contributed by atoms with Gasteiger partial charge in [-0.1, -0.05) is 11.6 Å². The third-order valence-corrected chi connectivity index (χ3v) is 2.45. The monoisotopic (exact) mass is 241 g/mol. The zero-order valence-corrected chi connectivity index (χ0v) is 9.51. The molecule has 3 nitrogen and oxygen atoms in total. The molecular weight excluding hydrogens is 233 g/mol. The topological polar surface area (TPSA) is 50.1 Å². The molecule has 0 saturated carbocycles. The highest BCUT2D eigenvalue weighted by atomic mass is 35.5. The summed E-state index contributed by atoms with van der Waals surface area (Å²) in [6.07, 6.45) is 0. The Morgan fingerprint density at radius 1 is 1.62 bits per heavy atom. The minimum atomic E-state index is -1.05. The van der Waals surface area contributed by atoms with Gasteiger partial charge in [-0.25, -0.2) is 4.39 Å². The number of methoxy groups -OCH3 is 1. The summed E-state index contributed by atoms with van der Waals surface area (Å²) in [5, 5.41) is 8.95. The van der Waals surface area contributed by atoms with Crippen LogP contribution in [0.15, 0.2) is 12.1 Å². The average molecular weight is 242 g/mol. The molecule has 0 radical (unpaired) electrons. The number of benzene rings is 1. The summed E-state index contributed by atoms with van der Waals surface area (Å²) >= 11 is 5.85. The Hall–Kier alpha value is -1.60. The first-order valence-electron chi connectivity index (χ1n) is 4.44. The molecule has 1 aromatic carbocycles. The number of carbonyl (C=O) groups is 1. The number of ketones is 1. The van der Waals surface area contributed by atoms with Gasteiger partial charge in [0.25, 0.3) is 0 Å². The second-order valence-corrected chi connectivity index (χ2v) is 3.59. The first-order valence-corrected chi connectivity index (χ1v) is 4.82. The molecule has 1 unspecified atom stereocenters. The molecule has 0 fully saturated rings. The van der Waals surface area contributed by atoms with E-state index in [1.165, 1.54) is 20.1 Å². The van der Waals surface area contributed by atoms with Crippen LogP contribution >= 0.6 is 11.6 Å². The SMILES string of the molecule is COc1cc(Cl)c(C(C#N)C(C)=O)cc1F. The molecule has 0 aliphatic heterocycles. The average Bonchev–Trinajstić information content (AvgIpc) is 2.23. The van der Waals surface area contributed by atoms with Gasteiger partial charge in [-0.3, -0.25) is 4.79 Å². The van der Waals surface area contributed by atoms with Crippen LogP contribution in [0.4, 0.5) is 4.39 Å². The summed E-state index contributed by atoms with van der Waals surface area (Å²) in [6, 6.07) is 4.08. The minimum Gasteiger partial charge on any atom is -0.494 e. The maximum absolute atomic E-state index is 13.4. The van der Waals surface area contributed by atoms with Crippen molar-refractivity contribution in [1.29, 1.82) is 5.26 Å². The van der Waals surface area contributed by atoms with Gasteiger partial charge in [-0.05, 0) is 18.6 Å². The van der Waals surface area contributed by atoms with Crippen LogP contribution in [0.2, 0.25) is 5.02 Å². The van der Waals surface area contributed by atoms with Crippen molar-refractivity contribution in [1.82, 2.24) is 0 Å². The lowest BCUT2D eigenvalue weighted by Crippen LogP contribution is -2.07. The first kappa shape index (κ1) is 12.5. The van der Waals surface area contributed by atoms with Gasteiger partial charge in [0.15, 0.2) is 17.3 Å². The van der Waals surface area contributed by atoms with Crippen molar-refractivity contribution in [2.45, 2.75) is 12.8 Å². The number of carbonyl (C=O) groups excluding carboxylic acids is 1. The van der Waals surface area contributed by atoms with Crippen LogP contribution in [0.25, 0.3) is 0 Å². The van der Waals surface area contributed by atoms with E-state index in [1.807, 2.05) is 0 Å². The quantitative estimate of drug-likeness (QED) is 0.818. The fourth-order valence-electron chi connectivity index (χ4n) is 1.30. The molecule has 0 N–H and O–H groups in total. The van der Waals surface area contributed by atoms with Gasteiger partial charge in [0, 0.05) is 11.1 Å². The van der Waals surface area contributed by atoms with Gasteiger partial charge in [0.05, 0.1) is 13.2 Å². The number of rotatable bonds is 3. The highest BCUT2D eigenvalue weighted by Gasteiger charge is 2.21. The summed E-state index contributed by atoms with van der Waals surface area (Å²) in [7, 11) is 1.31. The highest BCUT2D eigenvalue weighted by molar-refractivity contribution is 6.31. The standard InChI is InChI=1S/C11H9ClFNO2/c1-6(15)8(5-14)7-3-10(13)11(16-2)4-9(7)12/h3-4,8H,1-2H3. The van der Waals surface area contributed by atoms with E-state index in [0.717, 1.165) is 6.07 Å². The summed E-state index contributed by atoms with van der Waals surface area (Å²) in [5.74, 6) is -2.10. The van der Waals surface area contributed by atoms with Crippen molar-refractivity contribution in [3.8, 4) is 11.8 Å². The minimum absolute atomic E-state index is 0.0195. The Balaban J connectivity index is 3.31. The second kappa shape index (κ2) is 4.95. The van der Waals surface area contributed by atoms with E-state index in [2.05, 4.69) is 0 Å². The molecule has 0 bridgehead atoms. The Bertz CT molecular complexity index is 468. The molecule has 0 heterocycles. The van der Waals surface area contributed by atoms with E-state index in [9.17, 15) is 9.18 Å². The Labute approximate surface area is 97.4 Å². The molecule has 0 saturated heterocycles. The van der Waals surface area contributed by atoms with Crippen molar-refractivity contribution in [2.75, 3.05) is 7.11 Å². The number of nitriles is 1. The Kier molecular flexibility index (Phi) is 3.86. The zero-order valence-electron chi connectivity index (χ0n) is 8.75. The van der Waals surface area contributed by atoms with Crippen molar-refractivity contribution < 1.29 is 13.9 Å². The van der Waals surface area contributed by atoms with Crippen molar-refractivity contribution in [3.05, 3.63) is 28.5 Å². The van der Waals surface area contributed by atoms with E-state index < -0.39 is 11.7 Å². The largest absolute Gasteiger partial charge is 0.494 e. The lowest BCUT2D eigenvalue weighted by Gasteiger charge is -2.10. The number of nitrogens with zero attached hydrogens (tertiary/aromatic N) is 1. The van der Waals surface area contributed by atoms with Crippen LogP contribution in [0.5, 0.6) is 5.75 Å². The predicted molar refractivity (Wildman–Crippen MR) is 57.0 cm³/mol. The molecule has 0 aromatic heterocycles. The van der Waals surface area contributed by atoms with Crippen LogP contribution in [0.3, 0.4) is 0 Å². The number of halogens is 2. The zero-order chi connectivity index (χ0) is 12.3. The van der Waals surface area contributed by atoms with Crippen LogP contribution in [0, 0.1) is 17.1 Å². The molecule has 0 aliphatic carbocycles. The van der Waals surface area contributed by atoms with Gasteiger partial charge >= 0.3 is 0 Å². The Morgan fingerprint density at radius 3 is 2.69 bits per heavy atom. The normalized spacial score (nSPS) is 11.7. The molecule has 0 amide bonds. The second-order valence-electron chi connectivity index (χ2n) is 3.18. The maximum atomic E-state index is 13.4. The summed E-state index contributed by atoms with van der Waals surface area (Å²) in [4.78, 5) is 11.2. The third-order valence-electron chi connectivity index (χ3n) is 2.12. The number of Topliss-reactive ketones (excluding diaryl/α,β-unsaturated/α-hetero) is 1. The fourth-order valence-corrected chi connectivity index (χ4v) is 1.56. The first-order chi connectivity index (χ1) is 7.51. The summed E-state index contributed by atoms with van der Waals surface area (Å²) in [6.45, 7) is 1.26. The van der Waals surface area contributed by atoms with Crippen LogP contribution in [0.1, 0.15) is 18.4 Å². The van der Waals surface area contributed by atoms with E-state index in [1.54, 1.807) is 6.07 Å². The summed E-state index contributed by atoms with van der Waals surface area (Å²) in [5.41, 5.74) is 0.162. The molecule has 5 heteroatoms. The summed E-state index contributed by atoms with van der Waals surface area (Å²) < 4.78 is 18.1. The van der Waals surface area contributed by atoms with Crippen LogP contribution in [-0.2, 0) is 4.79 Å². The lowest BCUT2D eigenvalue weighted by atomic mass is 9.96. The molecule has 1 atom stereocenters. The van der Waals surface area contributed by atoms with Crippen molar-refractivity contribution in [3.63, 3.8) is 0 Å². The molecule has 1 aromatic rings. The van der Waals surface area contributed by atoms with E-state index in [-0.39, 0.29) is 22.1 Å². The number of hydrogen-bond donors (Lipinski definition) is 0. The number of ether oxygens (including phenoxy) is 1. The van der Waals surface area contributed by atoms with Crippen LogP contribution < -0.4 is 4.74 Å². The van der Waals surface area contributed by atoms with Crippen molar-refractivity contribution >= 4 is 17.4 Å². The van der Waals surface area contributed by atoms with Gasteiger partial charge in [0.2, 0.25) is 0 Å². The van der Waals surface area contributed by atoms with Gasteiger partial charge in [-0.15, -0.1) is 0 Å². The fraction of sp³-hybridized carbons (Fsp3) is 0.273. The highest BCUT2D eigenvalue weighted by Crippen LogP contribution is 2.31. The molecule has 0 spiro atoms. The molecule has 0 aliphatic rings.